The van der Waals surface area contributed by atoms with Gasteiger partial charge in [-0.15, -0.1) is 0 Å². The van der Waals surface area contributed by atoms with Gasteiger partial charge in [0, 0.05) is 0 Å². The highest BCUT2D eigenvalue weighted by Gasteiger charge is 2.27. The molecule has 5 aromatic carbocycles. The first-order valence-electron chi connectivity index (χ1n) is 15.7. The molecule has 0 aliphatic rings. The van der Waals surface area contributed by atoms with E-state index in [0.717, 1.165) is 11.1 Å². The number of aromatic carboxylic acids is 2. The Kier molecular flexibility index (Phi) is 11.0. The Balaban J connectivity index is 1.53. The lowest BCUT2D eigenvalue weighted by Gasteiger charge is -2.20. The highest BCUT2D eigenvalue weighted by Crippen LogP contribution is 2.33. The molecular formula is C42H34N2O6. The van der Waals surface area contributed by atoms with E-state index in [4.69, 9.17) is 0 Å². The third kappa shape index (κ3) is 7.83. The first kappa shape index (κ1) is 34.5. The van der Waals surface area contributed by atoms with Gasteiger partial charge in [-0.25, -0.2) is 9.59 Å². The molecule has 0 heterocycles. The highest BCUT2D eigenvalue weighted by atomic mass is 16.4. The Labute approximate surface area is 289 Å². The minimum Gasteiger partial charge on any atom is -0.478 e. The largest absolute Gasteiger partial charge is 0.478 e. The molecule has 8 heteroatoms. The number of anilines is 2. The molecule has 0 aliphatic carbocycles. The van der Waals surface area contributed by atoms with Crippen molar-refractivity contribution in [1.82, 2.24) is 0 Å². The number of hydrogen-bond acceptors (Lipinski definition) is 4. The molecule has 0 radical (unpaired) electrons. The van der Waals surface area contributed by atoms with Crippen molar-refractivity contribution >= 4 is 35.1 Å². The first-order valence-corrected chi connectivity index (χ1v) is 15.7. The lowest BCUT2D eigenvalue weighted by molar-refractivity contribution is -0.117. The average molecular weight is 663 g/mol. The molecule has 0 spiro atoms. The second kappa shape index (κ2) is 15.9. The number of carbonyl (C=O) groups is 4. The molecule has 1 unspecified atom stereocenters. The molecule has 8 nitrogen and oxygen atoms in total. The van der Waals surface area contributed by atoms with Gasteiger partial charge in [0.1, 0.15) is 0 Å². The molecule has 5 aromatic rings. The van der Waals surface area contributed by atoms with Crippen molar-refractivity contribution in [1.29, 1.82) is 0 Å². The van der Waals surface area contributed by atoms with E-state index in [0.29, 0.717) is 22.3 Å². The zero-order chi connectivity index (χ0) is 35.6. The number of amides is 2. The van der Waals surface area contributed by atoms with Gasteiger partial charge in [-0.1, -0.05) is 135 Å². The summed E-state index contributed by atoms with van der Waals surface area (Å²) in [6, 6.07) is 36.2. The number of hydrogen-bond donors (Lipinski definition) is 4. The predicted octanol–water partition coefficient (Wildman–Crippen LogP) is 8.54. The predicted molar refractivity (Wildman–Crippen MR) is 195 cm³/mol. The van der Waals surface area contributed by atoms with Gasteiger partial charge >= 0.3 is 11.9 Å². The molecular weight excluding hydrogens is 628 g/mol. The molecule has 0 fully saturated rings. The van der Waals surface area contributed by atoms with Crippen molar-refractivity contribution in [3.8, 4) is 11.1 Å². The number of benzene rings is 5. The van der Waals surface area contributed by atoms with Crippen molar-refractivity contribution in [2.75, 3.05) is 10.6 Å². The third-order valence-electron chi connectivity index (χ3n) is 8.15. The van der Waals surface area contributed by atoms with Crippen LogP contribution in [0.25, 0.3) is 11.1 Å². The molecule has 0 aliphatic heterocycles. The average Bonchev–Trinajstić information content (AvgIpc) is 3.12. The first-order chi connectivity index (χ1) is 24.2. The molecule has 0 saturated heterocycles. The van der Waals surface area contributed by atoms with Crippen LogP contribution >= 0.6 is 0 Å². The van der Waals surface area contributed by atoms with E-state index in [1.165, 1.54) is 24.3 Å². The van der Waals surface area contributed by atoms with Gasteiger partial charge in [0.05, 0.1) is 34.3 Å². The lowest BCUT2D eigenvalue weighted by Crippen LogP contribution is -2.24. The molecule has 50 heavy (non-hydrogen) atoms. The number of rotatable bonds is 13. The molecule has 0 saturated carbocycles. The number of nitrogens with one attached hydrogen (secondary N) is 2. The van der Waals surface area contributed by atoms with Gasteiger partial charge in [-0.3, -0.25) is 9.59 Å². The van der Waals surface area contributed by atoms with Crippen molar-refractivity contribution < 1.29 is 29.4 Å². The van der Waals surface area contributed by atoms with Crippen LogP contribution in [-0.4, -0.2) is 34.0 Å². The number of carboxylic acids is 2. The Morgan fingerprint density at radius 2 is 0.980 bits per heavy atom. The van der Waals surface area contributed by atoms with E-state index in [9.17, 15) is 29.4 Å². The van der Waals surface area contributed by atoms with Crippen LogP contribution in [0.1, 0.15) is 49.2 Å². The maximum atomic E-state index is 13.9. The fourth-order valence-electron chi connectivity index (χ4n) is 5.78. The zero-order valence-corrected chi connectivity index (χ0v) is 27.0. The Bertz CT molecular complexity index is 2050. The van der Waals surface area contributed by atoms with Crippen LogP contribution in [0.4, 0.5) is 11.4 Å². The summed E-state index contributed by atoms with van der Waals surface area (Å²) in [7, 11) is 0. The number of allylic oxidation sites excluding steroid dienone is 3. The maximum absolute atomic E-state index is 13.9. The van der Waals surface area contributed by atoms with Gasteiger partial charge in [0.2, 0.25) is 11.8 Å². The van der Waals surface area contributed by atoms with Crippen LogP contribution in [0.2, 0.25) is 0 Å². The maximum Gasteiger partial charge on any atom is 0.337 e. The van der Waals surface area contributed by atoms with Crippen LogP contribution in [0.3, 0.4) is 0 Å². The molecule has 4 N–H and O–H groups in total. The van der Waals surface area contributed by atoms with Crippen LogP contribution in [0, 0.1) is 0 Å². The second-order valence-electron chi connectivity index (χ2n) is 11.3. The third-order valence-corrected chi connectivity index (χ3v) is 8.15. The van der Waals surface area contributed by atoms with Crippen molar-refractivity contribution in [2.24, 2.45) is 0 Å². The fourth-order valence-corrected chi connectivity index (χ4v) is 5.78. The van der Waals surface area contributed by atoms with Crippen LogP contribution in [-0.2, 0) is 9.59 Å². The summed E-state index contributed by atoms with van der Waals surface area (Å²) in [6.45, 7) is 7.58. The highest BCUT2D eigenvalue weighted by molar-refractivity contribution is 6.06. The molecule has 5 rings (SSSR count). The SMILES string of the molecule is C=C/C=C(\C=C)C(C(=O)Nc1cc(-c2ccc(C(=O)O)c(NC(=O)C(c3ccccc3)c3ccccc3)c2)ccc1C(=O)O)c1ccccc1. The van der Waals surface area contributed by atoms with Crippen molar-refractivity contribution in [3.63, 3.8) is 0 Å². The molecule has 0 aromatic heterocycles. The van der Waals surface area contributed by atoms with E-state index in [-0.39, 0.29) is 22.5 Å². The van der Waals surface area contributed by atoms with Gasteiger partial charge < -0.3 is 20.8 Å². The Morgan fingerprint density at radius 3 is 1.38 bits per heavy atom. The smallest absolute Gasteiger partial charge is 0.337 e. The summed E-state index contributed by atoms with van der Waals surface area (Å²) in [4.78, 5) is 52.3. The molecule has 1 atom stereocenters. The monoisotopic (exact) mass is 662 g/mol. The van der Waals surface area contributed by atoms with E-state index in [1.807, 2.05) is 66.7 Å². The number of carboxylic acid groups (broad SMARTS) is 2. The van der Waals surface area contributed by atoms with Crippen molar-refractivity contribution in [2.45, 2.75) is 11.8 Å². The van der Waals surface area contributed by atoms with E-state index in [1.54, 1.807) is 54.6 Å². The second-order valence-corrected chi connectivity index (χ2v) is 11.3. The topological polar surface area (TPSA) is 133 Å². The summed E-state index contributed by atoms with van der Waals surface area (Å²) in [5.74, 6) is -4.98. The summed E-state index contributed by atoms with van der Waals surface area (Å²) in [5.41, 5.74) is 3.44. The van der Waals surface area contributed by atoms with Crippen LogP contribution in [0.5, 0.6) is 0 Å². The fraction of sp³-hybridized carbons (Fsp3) is 0.0476. The summed E-state index contributed by atoms with van der Waals surface area (Å²) < 4.78 is 0. The van der Waals surface area contributed by atoms with Crippen molar-refractivity contribution in [3.05, 3.63) is 192 Å². The Morgan fingerprint density at radius 1 is 0.560 bits per heavy atom. The summed E-state index contributed by atoms with van der Waals surface area (Å²) in [5, 5.41) is 25.7. The van der Waals surface area contributed by atoms with E-state index in [2.05, 4.69) is 23.8 Å². The quantitative estimate of drug-likeness (QED) is 0.0935. The standard InChI is InChI=1S/C42H34N2O6/c1-3-14-27(4-2)37(28-15-8-5-9-16-28)39(45)43-35-25-31(21-23-33(35)41(47)48)32-22-24-34(42(49)50)36(26-32)44-40(46)38(29-17-10-6-11-18-29)30-19-12-7-13-20-30/h3-26,37-38H,1-2H2,(H,43,45)(H,44,46)(H,47,48)(H,49,50)/b27-14+. The minimum atomic E-state index is -1.25. The van der Waals surface area contributed by atoms with Gasteiger partial charge in [-0.2, -0.15) is 0 Å². The molecule has 248 valence electrons. The Hall–Kier alpha value is -6.80. The molecule has 2 amide bonds. The normalized spacial score (nSPS) is 11.7. The van der Waals surface area contributed by atoms with Crippen LogP contribution in [0.15, 0.2) is 164 Å². The summed E-state index contributed by atoms with van der Waals surface area (Å²) >= 11 is 0. The van der Waals surface area contributed by atoms with E-state index < -0.39 is 35.6 Å². The molecule has 0 bridgehead atoms. The van der Waals surface area contributed by atoms with Crippen LogP contribution < -0.4 is 10.6 Å². The summed E-state index contributed by atoms with van der Waals surface area (Å²) in [6.07, 6.45) is 4.76. The lowest BCUT2D eigenvalue weighted by atomic mass is 9.89. The van der Waals surface area contributed by atoms with E-state index >= 15 is 0 Å². The van der Waals surface area contributed by atoms with Gasteiger partial charge in [0.25, 0.3) is 0 Å². The number of carbonyl (C=O) groups excluding carboxylic acids is 2. The van der Waals surface area contributed by atoms with Gasteiger partial charge in [0.15, 0.2) is 0 Å². The minimum absolute atomic E-state index is 0.0315. The van der Waals surface area contributed by atoms with Gasteiger partial charge in [-0.05, 0) is 57.7 Å². The zero-order valence-electron chi connectivity index (χ0n) is 27.0.